The average molecular weight is 313 g/mol. The smallest absolute Gasteiger partial charge is 0.0750 e. The summed E-state index contributed by atoms with van der Waals surface area (Å²) in [7, 11) is 2.13. The first-order valence-corrected chi connectivity index (χ1v) is 7.31. The minimum Gasteiger partial charge on any atom is -0.376 e. The SMILES string of the molecule is CN(CC1CCCO1)c1cc(Br)ccc1CCN. The third-order valence-corrected chi connectivity index (χ3v) is 3.87. The van der Waals surface area contributed by atoms with E-state index in [1.807, 2.05) is 0 Å². The average Bonchev–Trinajstić information content (AvgIpc) is 2.84. The van der Waals surface area contributed by atoms with Crippen LogP contribution in [-0.4, -0.2) is 32.8 Å². The molecule has 1 aliphatic rings. The number of hydrogen-bond acceptors (Lipinski definition) is 3. The van der Waals surface area contributed by atoms with E-state index in [0.29, 0.717) is 12.6 Å². The Morgan fingerprint density at radius 3 is 3.00 bits per heavy atom. The normalized spacial score (nSPS) is 19.2. The van der Waals surface area contributed by atoms with Gasteiger partial charge in [0.1, 0.15) is 0 Å². The highest BCUT2D eigenvalue weighted by atomic mass is 79.9. The number of ether oxygens (including phenoxy) is 1. The van der Waals surface area contributed by atoms with E-state index in [4.69, 9.17) is 10.5 Å². The van der Waals surface area contributed by atoms with Crippen LogP contribution >= 0.6 is 15.9 Å². The Kier molecular flexibility index (Phi) is 5.03. The van der Waals surface area contributed by atoms with Crippen molar-refractivity contribution in [1.29, 1.82) is 0 Å². The highest BCUT2D eigenvalue weighted by molar-refractivity contribution is 9.10. The van der Waals surface area contributed by atoms with Crippen LogP contribution in [0.15, 0.2) is 22.7 Å². The molecule has 1 aromatic rings. The third kappa shape index (κ3) is 3.46. The molecule has 1 fully saturated rings. The highest BCUT2D eigenvalue weighted by Crippen LogP contribution is 2.26. The van der Waals surface area contributed by atoms with Gasteiger partial charge in [-0.1, -0.05) is 22.0 Å². The van der Waals surface area contributed by atoms with E-state index < -0.39 is 0 Å². The summed E-state index contributed by atoms with van der Waals surface area (Å²) in [6.07, 6.45) is 3.65. The molecule has 2 N–H and O–H groups in total. The van der Waals surface area contributed by atoms with Crippen molar-refractivity contribution in [3.8, 4) is 0 Å². The van der Waals surface area contributed by atoms with Crippen LogP contribution in [0.4, 0.5) is 5.69 Å². The lowest BCUT2D eigenvalue weighted by Gasteiger charge is -2.25. The van der Waals surface area contributed by atoms with Crippen molar-refractivity contribution < 1.29 is 4.74 Å². The number of rotatable bonds is 5. The van der Waals surface area contributed by atoms with Crippen molar-refractivity contribution in [3.05, 3.63) is 28.2 Å². The zero-order valence-corrected chi connectivity index (χ0v) is 12.4. The van der Waals surface area contributed by atoms with Gasteiger partial charge in [0.25, 0.3) is 0 Å². The monoisotopic (exact) mass is 312 g/mol. The van der Waals surface area contributed by atoms with Crippen molar-refractivity contribution in [3.63, 3.8) is 0 Å². The minimum absolute atomic E-state index is 0.375. The number of hydrogen-bond donors (Lipinski definition) is 1. The lowest BCUT2D eigenvalue weighted by Crippen LogP contribution is -2.29. The molecule has 100 valence electrons. The Balaban J connectivity index is 2.11. The molecule has 0 bridgehead atoms. The molecule has 1 heterocycles. The molecule has 0 amide bonds. The predicted octanol–water partition coefficient (Wildman–Crippen LogP) is 2.57. The second-order valence-corrected chi connectivity index (χ2v) is 5.74. The van der Waals surface area contributed by atoms with Crippen LogP contribution in [0, 0.1) is 0 Å². The fourth-order valence-corrected chi connectivity index (χ4v) is 2.80. The van der Waals surface area contributed by atoms with Crippen molar-refractivity contribution in [2.45, 2.75) is 25.4 Å². The van der Waals surface area contributed by atoms with E-state index in [1.165, 1.54) is 24.1 Å². The zero-order chi connectivity index (χ0) is 13.0. The van der Waals surface area contributed by atoms with Crippen LogP contribution in [0.25, 0.3) is 0 Å². The number of benzene rings is 1. The van der Waals surface area contributed by atoms with Gasteiger partial charge in [0.05, 0.1) is 6.10 Å². The number of nitrogens with zero attached hydrogens (tertiary/aromatic N) is 1. The van der Waals surface area contributed by atoms with Crippen LogP contribution in [-0.2, 0) is 11.2 Å². The molecule has 1 aliphatic heterocycles. The Hall–Kier alpha value is -0.580. The van der Waals surface area contributed by atoms with E-state index in [1.54, 1.807) is 0 Å². The van der Waals surface area contributed by atoms with Gasteiger partial charge in [-0.25, -0.2) is 0 Å². The zero-order valence-electron chi connectivity index (χ0n) is 10.9. The molecule has 0 spiro atoms. The first kappa shape index (κ1) is 13.8. The van der Waals surface area contributed by atoms with Gasteiger partial charge in [0, 0.05) is 30.4 Å². The molecule has 0 saturated carbocycles. The van der Waals surface area contributed by atoms with Gasteiger partial charge < -0.3 is 15.4 Å². The van der Waals surface area contributed by atoms with Crippen molar-refractivity contribution in [2.24, 2.45) is 5.73 Å². The summed E-state index contributed by atoms with van der Waals surface area (Å²) in [5, 5.41) is 0. The predicted molar refractivity (Wildman–Crippen MR) is 79.1 cm³/mol. The maximum atomic E-state index is 5.70. The molecule has 0 aromatic heterocycles. The molecule has 2 rings (SSSR count). The summed E-state index contributed by atoms with van der Waals surface area (Å²) in [6, 6.07) is 6.40. The van der Waals surface area contributed by atoms with E-state index >= 15 is 0 Å². The molecule has 1 aromatic carbocycles. The van der Waals surface area contributed by atoms with Gasteiger partial charge in [-0.2, -0.15) is 0 Å². The summed E-state index contributed by atoms with van der Waals surface area (Å²) >= 11 is 3.54. The Labute approximate surface area is 117 Å². The number of likely N-dealkylation sites (N-methyl/N-ethyl adjacent to an activating group) is 1. The van der Waals surface area contributed by atoms with Crippen LogP contribution in [0.2, 0.25) is 0 Å². The maximum Gasteiger partial charge on any atom is 0.0750 e. The quantitative estimate of drug-likeness (QED) is 0.908. The number of anilines is 1. The van der Waals surface area contributed by atoms with Crippen LogP contribution in [0.3, 0.4) is 0 Å². The lowest BCUT2D eigenvalue weighted by molar-refractivity contribution is 0.116. The van der Waals surface area contributed by atoms with Crippen molar-refractivity contribution >= 4 is 21.6 Å². The molecule has 1 saturated heterocycles. The molecule has 18 heavy (non-hydrogen) atoms. The van der Waals surface area contributed by atoms with Gasteiger partial charge >= 0.3 is 0 Å². The van der Waals surface area contributed by atoms with Gasteiger partial charge in [0.2, 0.25) is 0 Å². The van der Waals surface area contributed by atoms with Gasteiger partial charge in [-0.3, -0.25) is 0 Å². The molecular weight excluding hydrogens is 292 g/mol. The Morgan fingerprint density at radius 1 is 1.50 bits per heavy atom. The summed E-state index contributed by atoms with van der Waals surface area (Å²) < 4.78 is 6.81. The van der Waals surface area contributed by atoms with Gasteiger partial charge in [-0.05, 0) is 43.5 Å². The van der Waals surface area contributed by atoms with E-state index in [0.717, 1.165) is 24.0 Å². The van der Waals surface area contributed by atoms with Crippen molar-refractivity contribution in [1.82, 2.24) is 0 Å². The highest BCUT2D eigenvalue weighted by Gasteiger charge is 2.18. The second-order valence-electron chi connectivity index (χ2n) is 4.83. The summed E-state index contributed by atoms with van der Waals surface area (Å²) in [5.74, 6) is 0. The topological polar surface area (TPSA) is 38.5 Å². The van der Waals surface area contributed by atoms with Crippen LogP contribution < -0.4 is 10.6 Å². The first-order valence-electron chi connectivity index (χ1n) is 6.52. The number of nitrogens with two attached hydrogens (primary N) is 1. The molecule has 0 radical (unpaired) electrons. The third-order valence-electron chi connectivity index (χ3n) is 3.37. The lowest BCUT2D eigenvalue weighted by atomic mass is 10.1. The minimum atomic E-state index is 0.375. The first-order chi connectivity index (χ1) is 8.70. The standard InChI is InChI=1S/C14H21BrN2O/c1-17(10-13-3-2-8-18-13)14-9-12(15)5-4-11(14)6-7-16/h4-5,9,13H,2-3,6-8,10,16H2,1H3. The fraction of sp³-hybridized carbons (Fsp3) is 0.571. The largest absolute Gasteiger partial charge is 0.376 e. The van der Waals surface area contributed by atoms with Gasteiger partial charge in [0.15, 0.2) is 0 Å². The summed E-state index contributed by atoms with van der Waals surface area (Å²) in [6.45, 7) is 2.54. The van der Waals surface area contributed by atoms with Crippen molar-refractivity contribution in [2.75, 3.05) is 31.6 Å². The molecular formula is C14H21BrN2O. The molecule has 1 unspecified atom stereocenters. The second kappa shape index (κ2) is 6.55. The molecule has 0 aliphatic carbocycles. The fourth-order valence-electron chi connectivity index (χ4n) is 2.45. The van der Waals surface area contributed by atoms with Gasteiger partial charge in [-0.15, -0.1) is 0 Å². The Bertz CT molecular complexity index is 391. The molecule has 1 atom stereocenters. The Morgan fingerprint density at radius 2 is 2.33 bits per heavy atom. The van der Waals surface area contributed by atoms with E-state index in [2.05, 4.69) is 46.1 Å². The van der Waals surface area contributed by atoms with Crippen LogP contribution in [0.1, 0.15) is 18.4 Å². The molecule has 3 nitrogen and oxygen atoms in total. The number of halogens is 1. The molecule has 4 heteroatoms. The van der Waals surface area contributed by atoms with Crippen LogP contribution in [0.5, 0.6) is 0 Å². The van der Waals surface area contributed by atoms with E-state index in [9.17, 15) is 0 Å². The maximum absolute atomic E-state index is 5.70. The van der Waals surface area contributed by atoms with E-state index in [-0.39, 0.29) is 0 Å². The summed E-state index contributed by atoms with van der Waals surface area (Å²) in [4.78, 5) is 2.28. The summed E-state index contributed by atoms with van der Waals surface area (Å²) in [5.41, 5.74) is 8.24.